The van der Waals surface area contributed by atoms with Gasteiger partial charge in [-0.1, -0.05) is 25.4 Å². The van der Waals surface area contributed by atoms with Crippen molar-refractivity contribution in [2.24, 2.45) is 0 Å². The maximum absolute atomic E-state index is 13.3. The Bertz CT molecular complexity index is 2810. The molecule has 0 amide bonds. The summed E-state index contributed by atoms with van der Waals surface area (Å²) in [6.45, 7) is 15.1. The van der Waals surface area contributed by atoms with E-state index in [1.807, 2.05) is 56.6 Å². The Morgan fingerprint density at radius 2 is 1.22 bits per heavy atom. The Morgan fingerprint density at radius 1 is 0.677 bits per heavy atom. The molecule has 0 saturated carbocycles. The molecule has 4 aliphatic heterocycles. The summed E-state index contributed by atoms with van der Waals surface area (Å²) in [5, 5.41) is 2.31. The first-order chi connectivity index (χ1) is 31.4. The van der Waals surface area contributed by atoms with Crippen molar-refractivity contribution in [2.75, 3.05) is 92.9 Å². The fraction of sp³-hybridized carbons (Fsp3) is 0.476. The van der Waals surface area contributed by atoms with Crippen LogP contribution >= 0.6 is 11.6 Å². The van der Waals surface area contributed by atoms with Crippen molar-refractivity contribution in [3.63, 3.8) is 0 Å². The topological polar surface area (TPSA) is 224 Å². The van der Waals surface area contributed by atoms with Crippen LogP contribution in [0.3, 0.4) is 0 Å². The Labute approximate surface area is 384 Å². The second kappa shape index (κ2) is 20.2. The first-order valence-electron chi connectivity index (χ1n) is 21.9. The number of pyridine rings is 2. The molecule has 0 unspecified atom stereocenters. The molecule has 0 bridgehead atoms. The highest BCUT2D eigenvalue weighted by Gasteiger charge is 2.35. The van der Waals surface area contributed by atoms with Crippen LogP contribution in [0.2, 0.25) is 5.15 Å². The number of aromatic amines is 2. The van der Waals surface area contributed by atoms with E-state index in [0.29, 0.717) is 101 Å². The zero-order chi connectivity index (χ0) is 45.7. The number of hydrogen-bond donors (Lipinski definition) is 3. The molecule has 4 saturated heterocycles. The first-order valence-corrected chi connectivity index (χ1v) is 25.1. The normalized spacial score (nSPS) is 21.4. The van der Waals surface area contributed by atoms with Crippen LogP contribution in [0, 0.1) is 0 Å². The maximum atomic E-state index is 13.3. The molecular formula is C42H55ClN14O6S2. The van der Waals surface area contributed by atoms with Crippen LogP contribution in [0.25, 0.3) is 44.8 Å². The summed E-state index contributed by atoms with van der Waals surface area (Å²) in [7, 11) is -6.73. The van der Waals surface area contributed by atoms with Crippen molar-refractivity contribution in [3.05, 3.63) is 66.3 Å². The van der Waals surface area contributed by atoms with Gasteiger partial charge in [0.05, 0.1) is 38.5 Å². The van der Waals surface area contributed by atoms with Gasteiger partial charge in [-0.15, -0.1) is 0 Å². The molecule has 6 aromatic heterocycles. The number of halogens is 1. The van der Waals surface area contributed by atoms with Crippen molar-refractivity contribution < 1.29 is 26.3 Å². The van der Waals surface area contributed by atoms with E-state index in [2.05, 4.69) is 53.3 Å². The monoisotopic (exact) mass is 950 g/mol. The second-order valence-electron chi connectivity index (χ2n) is 15.9. The molecule has 4 aliphatic rings. The number of nitrogens with zero attached hydrogens (tertiary/aromatic N) is 11. The van der Waals surface area contributed by atoms with E-state index in [-0.39, 0.29) is 12.1 Å². The number of H-pyrrole nitrogens is 2. The number of anilines is 3. The van der Waals surface area contributed by atoms with E-state index in [1.54, 1.807) is 18.5 Å². The fourth-order valence-electron chi connectivity index (χ4n) is 8.25. The molecule has 6 aromatic rings. The number of rotatable bonds is 7. The first kappa shape index (κ1) is 46.5. The van der Waals surface area contributed by atoms with Crippen molar-refractivity contribution in [3.8, 4) is 22.8 Å². The van der Waals surface area contributed by atoms with Crippen molar-refractivity contribution in [1.29, 1.82) is 0 Å². The van der Waals surface area contributed by atoms with Crippen LogP contribution in [-0.4, -0.2) is 156 Å². The van der Waals surface area contributed by atoms with Crippen LogP contribution in [0.4, 0.5) is 17.5 Å². The summed E-state index contributed by atoms with van der Waals surface area (Å²) in [6, 6.07) is 11.7. The predicted octanol–water partition coefficient (Wildman–Crippen LogP) is 4.47. The fourth-order valence-corrected chi connectivity index (χ4v) is 11.4. The van der Waals surface area contributed by atoms with Gasteiger partial charge < -0.3 is 29.2 Å². The van der Waals surface area contributed by atoms with Gasteiger partial charge in [-0.2, -0.15) is 25.4 Å². The van der Waals surface area contributed by atoms with Gasteiger partial charge in [0.25, 0.3) is 10.2 Å². The molecule has 0 spiro atoms. The molecule has 0 aromatic carbocycles. The van der Waals surface area contributed by atoms with Crippen molar-refractivity contribution in [2.45, 2.75) is 52.6 Å². The minimum absolute atomic E-state index is 0.120. The lowest BCUT2D eigenvalue weighted by Gasteiger charge is -2.37. The number of nitrogens with one attached hydrogen (secondary N) is 3. The molecule has 20 nitrogen and oxygen atoms in total. The molecule has 23 heteroatoms. The zero-order valence-electron chi connectivity index (χ0n) is 36.9. The van der Waals surface area contributed by atoms with Crippen LogP contribution in [-0.2, 0) is 29.9 Å². The molecule has 348 valence electrons. The number of aromatic nitrogens is 8. The molecule has 0 radical (unpaired) electrons. The van der Waals surface area contributed by atoms with Crippen molar-refractivity contribution in [1.82, 2.24) is 53.2 Å². The minimum atomic E-state index is -3.64. The van der Waals surface area contributed by atoms with Gasteiger partial charge in [-0.25, -0.2) is 38.9 Å². The zero-order valence-corrected chi connectivity index (χ0v) is 39.3. The Balaban J connectivity index is 0.000000151. The highest BCUT2D eigenvalue weighted by Crippen LogP contribution is 2.33. The third-order valence-corrected chi connectivity index (χ3v) is 15.6. The standard InChI is InChI=1S/C21H27N7O3S.C16H16ClN5O.C5H12N2O2S/c1-3-26-9-4-10-28(32(26,29)30)19-13-18(27-11-12-31-14-15(27)2)24-21(25-19)17-6-8-23-20-16(17)5-7-22-20;1-10-9-23-7-6-22(10)14-8-13(17)20-16(21-14)12-3-5-19-15-11(12)2-4-18-15;1-2-7-5-3-4-6-10(7,8)9/h5-8,13,15H,3-4,9-12,14H2,1-2H3,(H,22,23);2-5,8,10H,6-7,9H2,1H3,(H,18,19);6H,2-5H2,1H3/t15-;10-;/m11./s1. The highest BCUT2D eigenvalue weighted by molar-refractivity contribution is 7.90. The molecule has 2 atom stereocenters. The van der Waals surface area contributed by atoms with Gasteiger partial charge in [-0.05, 0) is 51.0 Å². The van der Waals surface area contributed by atoms with Gasteiger partial charge >= 0.3 is 10.2 Å². The summed E-state index contributed by atoms with van der Waals surface area (Å²) in [4.78, 5) is 38.0. The van der Waals surface area contributed by atoms with E-state index in [9.17, 15) is 16.8 Å². The average Bonchev–Trinajstić information content (AvgIpc) is 4.00. The highest BCUT2D eigenvalue weighted by atomic mass is 35.5. The third kappa shape index (κ3) is 10.2. The Hall–Kier alpha value is -5.07. The minimum Gasteiger partial charge on any atom is -0.377 e. The lowest BCUT2D eigenvalue weighted by molar-refractivity contribution is 0.0985. The quantitative estimate of drug-likeness (QED) is 0.188. The molecule has 10 rings (SSSR count). The van der Waals surface area contributed by atoms with E-state index in [4.69, 9.17) is 36.0 Å². The van der Waals surface area contributed by atoms with E-state index in [1.165, 1.54) is 12.9 Å². The Kier molecular flexibility index (Phi) is 14.4. The molecular weight excluding hydrogens is 896 g/mol. The van der Waals surface area contributed by atoms with Gasteiger partial charge in [0.15, 0.2) is 11.6 Å². The number of hydrogen-bond acceptors (Lipinski definition) is 14. The summed E-state index contributed by atoms with van der Waals surface area (Å²) in [6.07, 6.45) is 8.79. The average molecular weight is 952 g/mol. The van der Waals surface area contributed by atoms with Gasteiger partial charge in [0, 0.05) is 111 Å². The van der Waals surface area contributed by atoms with E-state index in [0.717, 1.165) is 58.4 Å². The molecule has 10 heterocycles. The van der Waals surface area contributed by atoms with Crippen LogP contribution in [0.1, 0.15) is 40.5 Å². The molecule has 0 aliphatic carbocycles. The lowest BCUT2D eigenvalue weighted by Crippen LogP contribution is -2.50. The Morgan fingerprint density at radius 3 is 1.75 bits per heavy atom. The van der Waals surface area contributed by atoms with Crippen LogP contribution in [0.15, 0.2) is 61.2 Å². The molecule has 65 heavy (non-hydrogen) atoms. The second-order valence-corrected chi connectivity index (χ2v) is 19.9. The third-order valence-electron chi connectivity index (χ3n) is 11.6. The lowest BCUT2D eigenvalue weighted by atomic mass is 10.1. The number of morpholine rings is 2. The summed E-state index contributed by atoms with van der Waals surface area (Å²) in [5.74, 6) is 3.01. The van der Waals surface area contributed by atoms with Gasteiger partial charge in [-0.3, -0.25) is 0 Å². The summed E-state index contributed by atoms with van der Waals surface area (Å²) in [5.41, 5.74) is 3.27. The van der Waals surface area contributed by atoms with Gasteiger partial charge in [0.1, 0.15) is 33.9 Å². The van der Waals surface area contributed by atoms with E-state index < -0.39 is 20.4 Å². The van der Waals surface area contributed by atoms with Crippen molar-refractivity contribution >= 4 is 71.5 Å². The van der Waals surface area contributed by atoms with Crippen LogP contribution < -0.4 is 18.8 Å². The predicted molar refractivity (Wildman–Crippen MR) is 251 cm³/mol. The van der Waals surface area contributed by atoms with Gasteiger partial charge in [0.2, 0.25) is 0 Å². The molecule has 4 fully saturated rings. The number of ether oxygens (including phenoxy) is 2. The maximum Gasteiger partial charge on any atom is 0.305 e. The largest absolute Gasteiger partial charge is 0.377 e. The number of fused-ring (bicyclic) bond motifs is 2. The van der Waals surface area contributed by atoms with Crippen LogP contribution in [0.5, 0.6) is 0 Å². The smallest absolute Gasteiger partial charge is 0.305 e. The summed E-state index contributed by atoms with van der Waals surface area (Å²) < 4.78 is 66.5. The van der Waals surface area contributed by atoms with E-state index >= 15 is 0 Å². The summed E-state index contributed by atoms with van der Waals surface area (Å²) >= 11 is 6.26. The molecule has 3 N–H and O–H groups in total. The SMILES string of the molecule is CCN1CCCN(c2cc(N3CCOC[C@H]3C)nc(-c3ccnc4[nH]ccc34)n2)S1(=O)=O.CCN1CCCNS1(=O)=O.C[C@@H]1COCCN1c1cc(Cl)nc(-c2ccnc3[nH]ccc23)n1.